The number of para-hydroxylation sites is 2. The molecule has 0 fully saturated rings. The molecule has 132 valence electrons. The highest BCUT2D eigenvalue weighted by Gasteiger charge is 2.13. The SMILES string of the molecule is COC(=O)c1ccccc1NC(=O)CCc1nc2ccccc2c(=O)[nH]1. The van der Waals surface area contributed by atoms with E-state index in [1.807, 2.05) is 0 Å². The minimum atomic E-state index is -0.526. The van der Waals surface area contributed by atoms with Crippen LogP contribution in [-0.4, -0.2) is 29.0 Å². The van der Waals surface area contributed by atoms with Gasteiger partial charge in [-0.2, -0.15) is 0 Å². The lowest BCUT2D eigenvalue weighted by Gasteiger charge is -2.09. The number of fused-ring (bicyclic) bond motifs is 1. The lowest BCUT2D eigenvalue weighted by atomic mass is 10.1. The van der Waals surface area contributed by atoms with E-state index in [-0.39, 0.29) is 29.9 Å². The molecule has 0 aliphatic carbocycles. The fraction of sp³-hybridized carbons (Fsp3) is 0.158. The molecule has 1 heterocycles. The van der Waals surface area contributed by atoms with E-state index in [0.29, 0.717) is 22.4 Å². The number of nitrogens with one attached hydrogen (secondary N) is 2. The summed E-state index contributed by atoms with van der Waals surface area (Å²) in [6, 6.07) is 13.6. The number of anilines is 1. The van der Waals surface area contributed by atoms with Crippen molar-refractivity contribution in [2.45, 2.75) is 12.8 Å². The third kappa shape index (κ3) is 3.77. The zero-order valence-electron chi connectivity index (χ0n) is 14.1. The van der Waals surface area contributed by atoms with Gasteiger partial charge in [0, 0.05) is 12.8 Å². The van der Waals surface area contributed by atoms with Gasteiger partial charge in [-0.3, -0.25) is 9.59 Å². The maximum absolute atomic E-state index is 12.2. The molecule has 7 heteroatoms. The topological polar surface area (TPSA) is 101 Å². The number of hydrogen-bond acceptors (Lipinski definition) is 5. The van der Waals surface area contributed by atoms with Crippen molar-refractivity contribution in [1.29, 1.82) is 0 Å². The number of hydrogen-bond donors (Lipinski definition) is 2. The van der Waals surface area contributed by atoms with Gasteiger partial charge < -0.3 is 15.0 Å². The predicted octanol–water partition coefficient (Wildman–Crippen LogP) is 2.28. The number of ether oxygens (including phenoxy) is 1. The molecule has 0 saturated heterocycles. The lowest BCUT2D eigenvalue weighted by molar-refractivity contribution is -0.116. The average Bonchev–Trinajstić information content (AvgIpc) is 2.66. The van der Waals surface area contributed by atoms with Crippen molar-refractivity contribution in [2.24, 2.45) is 0 Å². The lowest BCUT2D eigenvalue weighted by Crippen LogP contribution is -2.17. The first-order valence-corrected chi connectivity index (χ1v) is 8.03. The summed E-state index contributed by atoms with van der Waals surface area (Å²) in [5.41, 5.74) is 1.01. The van der Waals surface area contributed by atoms with Gasteiger partial charge in [-0.25, -0.2) is 9.78 Å². The van der Waals surface area contributed by atoms with Crippen molar-refractivity contribution >= 4 is 28.5 Å². The molecule has 2 N–H and O–H groups in total. The molecule has 0 unspecified atom stereocenters. The van der Waals surface area contributed by atoms with E-state index in [1.54, 1.807) is 48.5 Å². The first kappa shape index (κ1) is 17.3. The van der Waals surface area contributed by atoms with Gasteiger partial charge in [0.25, 0.3) is 5.56 Å². The highest BCUT2D eigenvalue weighted by Crippen LogP contribution is 2.16. The molecule has 0 atom stereocenters. The molecule has 7 nitrogen and oxygen atoms in total. The van der Waals surface area contributed by atoms with Crippen LogP contribution in [-0.2, 0) is 16.0 Å². The predicted molar refractivity (Wildman–Crippen MR) is 97.1 cm³/mol. The molecule has 26 heavy (non-hydrogen) atoms. The van der Waals surface area contributed by atoms with Crippen LogP contribution in [0.1, 0.15) is 22.6 Å². The van der Waals surface area contributed by atoms with E-state index in [1.165, 1.54) is 7.11 Å². The van der Waals surface area contributed by atoms with Crippen LogP contribution >= 0.6 is 0 Å². The number of nitrogens with zero attached hydrogens (tertiary/aromatic N) is 1. The van der Waals surface area contributed by atoms with Crippen molar-refractivity contribution in [3.8, 4) is 0 Å². The van der Waals surface area contributed by atoms with Gasteiger partial charge in [0.15, 0.2) is 0 Å². The number of carbonyl (C=O) groups excluding carboxylic acids is 2. The van der Waals surface area contributed by atoms with E-state index in [2.05, 4.69) is 15.3 Å². The van der Waals surface area contributed by atoms with Gasteiger partial charge in [-0.05, 0) is 24.3 Å². The van der Waals surface area contributed by atoms with Gasteiger partial charge in [-0.15, -0.1) is 0 Å². The van der Waals surface area contributed by atoms with Gasteiger partial charge in [0.1, 0.15) is 5.82 Å². The molecule has 1 amide bonds. The second-order valence-corrected chi connectivity index (χ2v) is 5.62. The highest BCUT2D eigenvalue weighted by atomic mass is 16.5. The number of aromatic nitrogens is 2. The normalized spacial score (nSPS) is 10.5. The van der Waals surface area contributed by atoms with Gasteiger partial charge in [0.05, 0.1) is 29.3 Å². The summed E-state index contributed by atoms with van der Waals surface area (Å²) in [6.07, 6.45) is 0.378. The molecular formula is C19H17N3O4. The first-order chi connectivity index (χ1) is 12.6. The minimum absolute atomic E-state index is 0.108. The molecular weight excluding hydrogens is 334 g/mol. The number of rotatable bonds is 5. The summed E-state index contributed by atoms with van der Waals surface area (Å²) >= 11 is 0. The molecule has 2 aromatic carbocycles. The quantitative estimate of drug-likeness (QED) is 0.687. The fourth-order valence-electron chi connectivity index (χ4n) is 2.58. The smallest absolute Gasteiger partial charge is 0.339 e. The summed E-state index contributed by atoms with van der Waals surface area (Å²) < 4.78 is 4.70. The molecule has 0 bridgehead atoms. The number of amides is 1. The molecule has 0 saturated carbocycles. The summed E-state index contributed by atoms with van der Waals surface area (Å²) in [5, 5.41) is 3.20. The van der Waals surface area contributed by atoms with Crippen LogP contribution in [0.15, 0.2) is 53.3 Å². The molecule has 3 aromatic rings. The van der Waals surface area contributed by atoms with Crippen molar-refractivity contribution in [2.75, 3.05) is 12.4 Å². The van der Waals surface area contributed by atoms with Crippen LogP contribution in [0.2, 0.25) is 0 Å². The third-order valence-corrected chi connectivity index (χ3v) is 3.86. The van der Waals surface area contributed by atoms with Crippen LogP contribution < -0.4 is 10.9 Å². The van der Waals surface area contributed by atoms with Crippen LogP contribution in [0.5, 0.6) is 0 Å². The number of aryl methyl sites for hydroxylation is 1. The van der Waals surface area contributed by atoms with E-state index in [4.69, 9.17) is 4.74 Å². The van der Waals surface area contributed by atoms with Crippen molar-refractivity contribution < 1.29 is 14.3 Å². The van der Waals surface area contributed by atoms with Crippen molar-refractivity contribution in [1.82, 2.24) is 9.97 Å². The van der Waals surface area contributed by atoms with Crippen molar-refractivity contribution in [3.63, 3.8) is 0 Å². The Morgan fingerprint density at radius 3 is 2.65 bits per heavy atom. The number of esters is 1. The standard InChI is InChI=1S/C19H17N3O4/c1-26-19(25)13-7-3-5-9-15(13)21-17(23)11-10-16-20-14-8-4-2-6-12(14)18(24)22-16/h2-9H,10-11H2,1H3,(H,21,23)(H,20,22,24). The molecule has 0 radical (unpaired) electrons. The zero-order valence-corrected chi connectivity index (χ0v) is 14.1. The summed E-state index contributed by atoms with van der Waals surface area (Å²) in [7, 11) is 1.28. The van der Waals surface area contributed by atoms with Crippen molar-refractivity contribution in [3.05, 3.63) is 70.3 Å². The highest BCUT2D eigenvalue weighted by molar-refractivity contribution is 6.01. The van der Waals surface area contributed by atoms with Gasteiger partial charge in [-0.1, -0.05) is 24.3 Å². The van der Waals surface area contributed by atoms with Crippen LogP contribution in [0.25, 0.3) is 10.9 Å². The Morgan fingerprint density at radius 1 is 1.12 bits per heavy atom. The molecule has 0 spiro atoms. The Labute approximate surface area is 149 Å². The monoisotopic (exact) mass is 351 g/mol. The molecule has 1 aromatic heterocycles. The fourth-order valence-corrected chi connectivity index (χ4v) is 2.58. The number of benzene rings is 2. The summed E-state index contributed by atoms with van der Waals surface area (Å²) in [5.74, 6) is -0.385. The van der Waals surface area contributed by atoms with E-state index < -0.39 is 5.97 Å². The van der Waals surface area contributed by atoms with Gasteiger partial charge in [0.2, 0.25) is 5.91 Å². The second kappa shape index (κ2) is 7.60. The Morgan fingerprint density at radius 2 is 1.85 bits per heavy atom. The Balaban J connectivity index is 1.70. The number of carbonyl (C=O) groups is 2. The van der Waals surface area contributed by atoms with Crippen LogP contribution in [0.3, 0.4) is 0 Å². The average molecular weight is 351 g/mol. The molecule has 0 aliphatic heterocycles. The Bertz CT molecular complexity index is 1030. The minimum Gasteiger partial charge on any atom is -0.465 e. The first-order valence-electron chi connectivity index (χ1n) is 8.03. The molecule has 0 aliphatic rings. The largest absolute Gasteiger partial charge is 0.465 e. The van der Waals surface area contributed by atoms with E-state index in [0.717, 1.165) is 0 Å². The third-order valence-electron chi connectivity index (χ3n) is 3.86. The number of methoxy groups -OCH3 is 1. The second-order valence-electron chi connectivity index (χ2n) is 5.62. The summed E-state index contributed by atoms with van der Waals surface area (Å²) in [6.45, 7) is 0. The van der Waals surface area contributed by atoms with Crippen LogP contribution in [0, 0.1) is 0 Å². The van der Waals surface area contributed by atoms with E-state index >= 15 is 0 Å². The number of H-pyrrole nitrogens is 1. The van der Waals surface area contributed by atoms with E-state index in [9.17, 15) is 14.4 Å². The van der Waals surface area contributed by atoms with Crippen LogP contribution in [0.4, 0.5) is 5.69 Å². The Kier molecular flexibility index (Phi) is 5.07. The number of aromatic amines is 1. The maximum atomic E-state index is 12.2. The Hall–Kier alpha value is -3.48. The maximum Gasteiger partial charge on any atom is 0.339 e. The van der Waals surface area contributed by atoms with Gasteiger partial charge >= 0.3 is 5.97 Å². The molecule has 3 rings (SSSR count). The zero-order chi connectivity index (χ0) is 18.5. The summed E-state index contributed by atoms with van der Waals surface area (Å²) in [4.78, 5) is 43.0.